The summed E-state index contributed by atoms with van der Waals surface area (Å²) < 4.78 is 4.86. The highest BCUT2D eigenvalue weighted by atomic mass is 16.5. The maximum Gasteiger partial charge on any atom is 0.325 e. The molecule has 1 aliphatic heterocycles. The van der Waals surface area contributed by atoms with E-state index in [1.165, 1.54) is 12.0 Å². The van der Waals surface area contributed by atoms with Crippen molar-refractivity contribution in [1.82, 2.24) is 10.2 Å². The highest BCUT2D eigenvalue weighted by molar-refractivity contribution is 6.08. The Morgan fingerprint density at radius 1 is 1.38 bits per heavy atom. The zero-order valence-electron chi connectivity index (χ0n) is 13.1. The van der Waals surface area contributed by atoms with E-state index in [4.69, 9.17) is 4.74 Å². The lowest BCUT2D eigenvalue weighted by Crippen LogP contribution is -2.53. The van der Waals surface area contributed by atoms with Crippen LogP contribution in [0.4, 0.5) is 0 Å². The summed E-state index contributed by atoms with van der Waals surface area (Å²) in [7, 11) is 1.36. The lowest BCUT2D eigenvalue weighted by atomic mass is 9.94. The van der Waals surface area contributed by atoms with Crippen LogP contribution in [0.25, 0.3) is 0 Å². The van der Waals surface area contributed by atoms with E-state index < -0.39 is 5.54 Å². The molecule has 2 fully saturated rings. The molecule has 0 radical (unpaired) electrons. The second kappa shape index (κ2) is 5.75. The lowest BCUT2D eigenvalue weighted by molar-refractivity contribution is -0.148. The number of carbonyl (C=O) groups is 3. The summed E-state index contributed by atoms with van der Waals surface area (Å²) in [5.74, 6) is -0.516. The Morgan fingerprint density at radius 3 is 2.43 bits per heavy atom. The number of hydrogen-bond acceptors (Lipinski definition) is 5. The van der Waals surface area contributed by atoms with Crippen molar-refractivity contribution in [3.8, 4) is 0 Å². The van der Waals surface area contributed by atoms with Gasteiger partial charge in [-0.25, -0.2) is 0 Å². The van der Waals surface area contributed by atoms with Crippen molar-refractivity contribution in [2.45, 2.75) is 51.6 Å². The van der Waals surface area contributed by atoms with E-state index in [0.29, 0.717) is 19.4 Å². The number of imide groups is 1. The Hall–Kier alpha value is -1.43. The van der Waals surface area contributed by atoms with Crippen molar-refractivity contribution in [1.29, 1.82) is 0 Å². The molecule has 1 saturated heterocycles. The molecule has 0 spiro atoms. The predicted molar refractivity (Wildman–Crippen MR) is 76.2 cm³/mol. The highest BCUT2D eigenvalue weighted by Crippen LogP contribution is 2.46. The van der Waals surface area contributed by atoms with Crippen LogP contribution in [0.5, 0.6) is 0 Å². The number of piperidine rings is 1. The summed E-state index contributed by atoms with van der Waals surface area (Å²) in [5, 5.41) is 3.21. The summed E-state index contributed by atoms with van der Waals surface area (Å²) in [6.07, 6.45) is 1.83. The number of nitrogens with one attached hydrogen (secondary N) is 1. The van der Waals surface area contributed by atoms with Gasteiger partial charge in [-0.05, 0) is 40.0 Å². The molecule has 1 N–H and O–H groups in total. The van der Waals surface area contributed by atoms with Gasteiger partial charge in [0.1, 0.15) is 5.54 Å². The van der Waals surface area contributed by atoms with Gasteiger partial charge in [0.2, 0.25) is 11.8 Å². The van der Waals surface area contributed by atoms with Crippen molar-refractivity contribution in [3.05, 3.63) is 0 Å². The minimum atomic E-state index is -0.794. The van der Waals surface area contributed by atoms with Crippen LogP contribution >= 0.6 is 0 Å². The zero-order chi connectivity index (χ0) is 15.8. The van der Waals surface area contributed by atoms with Gasteiger partial charge in [-0.1, -0.05) is 0 Å². The number of amides is 2. The third kappa shape index (κ3) is 3.10. The summed E-state index contributed by atoms with van der Waals surface area (Å²) in [6.45, 7) is 6.10. The van der Waals surface area contributed by atoms with Gasteiger partial charge in [0.15, 0.2) is 0 Å². The molecular formula is C15H24N2O4. The number of likely N-dealkylation sites (tertiary alicyclic amines) is 1. The first kappa shape index (κ1) is 15.9. The molecule has 6 nitrogen and oxygen atoms in total. The molecule has 0 aromatic heterocycles. The van der Waals surface area contributed by atoms with Crippen LogP contribution in [0.2, 0.25) is 0 Å². The van der Waals surface area contributed by atoms with Crippen LogP contribution in [0.3, 0.4) is 0 Å². The Kier molecular flexibility index (Phi) is 4.37. The summed E-state index contributed by atoms with van der Waals surface area (Å²) >= 11 is 0. The predicted octanol–water partition coefficient (Wildman–Crippen LogP) is 0.701. The van der Waals surface area contributed by atoms with Crippen molar-refractivity contribution < 1.29 is 19.1 Å². The number of carbonyl (C=O) groups excluding carboxylic acids is 3. The molecule has 6 heteroatoms. The monoisotopic (exact) mass is 296 g/mol. The maximum absolute atomic E-state index is 12.0. The molecule has 2 rings (SSSR count). The third-order valence-electron chi connectivity index (χ3n) is 4.26. The minimum absolute atomic E-state index is 0.0402. The maximum atomic E-state index is 12.0. The summed E-state index contributed by atoms with van der Waals surface area (Å²) in [5.41, 5.74) is -0.794. The SMILES string of the molecule is COC(=O)C(C)(CCCN1C(=O)C2CC2C1=O)NC(C)C. The quantitative estimate of drug-likeness (QED) is 0.553. The molecule has 3 unspecified atom stereocenters. The Balaban J connectivity index is 1.89. The fraction of sp³-hybridized carbons (Fsp3) is 0.800. The first-order valence-corrected chi connectivity index (χ1v) is 7.51. The van der Waals surface area contributed by atoms with Gasteiger partial charge in [-0.15, -0.1) is 0 Å². The van der Waals surface area contributed by atoms with Gasteiger partial charge in [0.05, 0.1) is 18.9 Å². The number of nitrogens with zero attached hydrogens (tertiary/aromatic N) is 1. The smallest absolute Gasteiger partial charge is 0.325 e. The molecule has 118 valence electrons. The van der Waals surface area contributed by atoms with Crippen molar-refractivity contribution in [3.63, 3.8) is 0 Å². The average molecular weight is 296 g/mol. The second-order valence-electron chi connectivity index (χ2n) is 6.50. The number of hydrogen-bond donors (Lipinski definition) is 1. The zero-order valence-corrected chi connectivity index (χ0v) is 13.1. The van der Waals surface area contributed by atoms with Gasteiger partial charge >= 0.3 is 5.97 Å². The molecule has 0 aromatic rings. The lowest BCUT2D eigenvalue weighted by Gasteiger charge is -2.30. The molecule has 3 atom stereocenters. The standard InChI is InChI=1S/C15H24N2O4/c1-9(2)16-15(3,14(20)21-4)6-5-7-17-12(18)10-8-11(10)13(17)19/h9-11,16H,5-8H2,1-4H3. The number of rotatable bonds is 7. The van der Waals surface area contributed by atoms with Crippen LogP contribution in [-0.4, -0.2) is 47.9 Å². The van der Waals surface area contributed by atoms with Crippen LogP contribution in [0, 0.1) is 11.8 Å². The number of ether oxygens (including phenoxy) is 1. The molecule has 0 bridgehead atoms. The van der Waals surface area contributed by atoms with Gasteiger partial charge < -0.3 is 4.74 Å². The topological polar surface area (TPSA) is 75.7 Å². The summed E-state index contributed by atoms with van der Waals surface area (Å²) in [6, 6.07) is 0.136. The normalized spacial score (nSPS) is 26.8. The van der Waals surface area contributed by atoms with Crippen molar-refractivity contribution in [2.24, 2.45) is 11.8 Å². The first-order valence-electron chi connectivity index (χ1n) is 7.51. The Labute approximate surface area is 125 Å². The molecule has 1 aliphatic carbocycles. The van der Waals surface area contributed by atoms with E-state index in [9.17, 15) is 14.4 Å². The third-order valence-corrected chi connectivity index (χ3v) is 4.26. The summed E-state index contributed by atoms with van der Waals surface area (Å²) in [4.78, 5) is 37.1. The molecule has 1 saturated carbocycles. The highest BCUT2D eigenvalue weighted by Gasteiger charge is 2.58. The van der Waals surface area contributed by atoms with Crippen molar-refractivity contribution >= 4 is 17.8 Å². The largest absolute Gasteiger partial charge is 0.468 e. The van der Waals surface area contributed by atoms with E-state index in [0.717, 1.165) is 6.42 Å². The average Bonchev–Trinajstić information content (AvgIpc) is 3.16. The fourth-order valence-electron chi connectivity index (χ4n) is 3.16. The van der Waals surface area contributed by atoms with E-state index in [1.807, 2.05) is 13.8 Å². The Morgan fingerprint density at radius 2 is 1.95 bits per heavy atom. The molecular weight excluding hydrogens is 272 g/mol. The molecule has 2 amide bonds. The molecule has 1 heterocycles. The van der Waals surface area contributed by atoms with Crippen LogP contribution in [0.1, 0.15) is 40.0 Å². The van der Waals surface area contributed by atoms with E-state index in [2.05, 4.69) is 5.32 Å². The number of methoxy groups -OCH3 is 1. The van der Waals surface area contributed by atoms with Crippen LogP contribution < -0.4 is 5.32 Å². The first-order chi connectivity index (χ1) is 9.80. The Bertz CT molecular complexity index is 443. The minimum Gasteiger partial charge on any atom is -0.468 e. The molecule has 21 heavy (non-hydrogen) atoms. The fourth-order valence-corrected chi connectivity index (χ4v) is 3.16. The van der Waals surface area contributed by atoms with Gasteiger partial charge in [0.25, 0.3) is 0 Å². The molecule has 2 aliphatic rings. The number of fused-ring (bicyclic) bond motifs is 1. The van der Waals surface area contributed by atoms with Crippen LogP contribution in [0.15, 0.2) is 0 Å². The second-order valence-corrected chi connectivity index (χ2v) is 6.50. The van der Waals surface area contributed by atoms with E-state index in [1.54, 1.807) is 6.92 Å². The van der Waals surface area contributed by atoms with Gasteiger partial charge in [0, 0.05) is 12.6 Å². The van der Waals surface area contributed by atoms with Gasteiger partial charge in [-0.3, -0.25) is 24.6 Å². The number of esters is 1. The molecule has 0 aromatic carbocycles. The van der Waals surface area contributed by atoms with E-state index in [-0.39, 0.29) is 35.7 Å². The van der Waals surface area contributed by atoms with Crippen LogP contribution in [-0.2, 0) is 19.1 Å². The van der Waals surface area contributed by atoms with Gasteiger partial charge in [-0.2, -0.15) is 0 Å². The van der Waals surface area contributed by atoms with E-state index >= 15 is 0 Å². The van der Waals surface area contributed by atoms with Crippen molar-refractivity contribution in [2.75, 3.05) is 13.7 Å².